The second-order valence-corrected chi connectivity index (χ2v) is 7.47. The van der Waals surface area contributed by atoms with Crippen LogP contribution in [0.1, 0.15) is 37.0 Å². The molecule has 0 bridgehead atoms. The van der Waals surface area contributed by atoms with Crippen molar-refractivity contribution in [1.82, 2.24) is 10.6 Å². The lowest BCUT2D eigenvalue weighted by molar-refractivity contribution is -0.123. The van der Waals surface area contributed by atoms with Crippen LogP contribution < -0.4 is 10.6 Å². The van der Waals surface area contributed by atoms with Crippen molar-refractivity contribution in [2.24, 2.45) is 5.92 Å². The van der Waals surface area contributed by atoms with Crippen molar-refractivity contribution < 1.29 is 4.79 Å². The van der Waals surface area contributed by atoms with Crippen LogP contribution in [0.4, 0.5) is 0 Å². The van der Waals surface area contributed by atoms with Gasteiger partial charge in [0.05, 0.1) is 12.6 Å². The largest absolute Gasteiger partial charge is 0.350 e. The molecule has 1 saturated carbocycles. The lowest BCUT2D eigenvalue weighted by Gasteiger charge is -2.24. The smallest absolute Gasteiger partial charge is 0.237 e. The molecule has 1 amide bonds. The minimum Gasteiger partial charge on any atom is -0.350 e. The third-order valence-electron chi connectivity index (χ3n) is 4.24. The minimum absolute atomic E-state index is 0.0245. The summed E-state index contributed by atoms with van der Waals surface area (Å²) in [5, 5.41) is 8.61. The fourth-order valence-corrected chi connectivity index (χ4v) is 4.66. The highest BCUT2D eigenvalue weighted by Crippen LogP contribution is 2.33. The summed E-state index contributed by atoms with van der Waals surface area (Å²) in [4.78, 5) is 13.4. The molecule has 19 heavy (non-hydrogen) atoms. The van der Waals surface area contributed by atoms with Crippen molar-refractivity contribution in [2.45, 2.75) is 50.7 Å². The molecular formula is C14H19BrN2OS. The van der Waals surface area contributed by atoms with Crippen LogP contribution in [0, 0.1) is 5.92 Å². The number of amides is 1. The molecule has 0 spiro atoms. The molecule has 5 heteroatoms. The van der Waals surface area contributed by atoms with Crippen LogP contribution >= 0.6 is 27.3 Å². The lowest BCUT2D eigenvalue weighted by Crippen LogP contribution is -2.42. The van der Waals surface area contributed by atoms with E-state index in [0.717, 1.165) is 16.8 Å². The molecule has 0 radical (unpaired) electrons. The zero-order valence-electron chi connectivity index (χ0n) is 10.8. The molecule has 1 saturated heterocycles. The van der Waals surface area contributed by atoms with Gasteiger partial charge in [0.25, 0.3) is 0 Å². The lowest BCUT2D eigenvalue weighted by atomic mass is 9.85. The molecule has 1 aliphatic carbocycles. The van der Waals surface area contributed by atoms with E-state index < -0.39 is 0 Å². The molecule has 3 rings (SSSR count). The monoisotopic (exact) mass is 342 g/mol. The van der Waals surface area contributed by atoms with E-state index in [1.54, 1.807) is 11.3 Å². The summed E-state index contributed by atoms with van der Waals surface area (Å²) in [5.41, 5.74) is 0. The normalized spacial score (nSPS) is 30.1. The maximum Gasteiger partial charge on any atom is 0.237 e. The minimum atomic E-state index is 0.0245. The zero-order valence-corrected chi connectivity index (χ0v) is 13.2. The second kappa shape index (κ2) is 5.94. The SMILES string of the molecule is O=C(NCc1cc(Br)cs1)C1CC2CCCCC2N1. The Morgan fingerprint density at radius 2 is 2.32 bits per heavy atom. The fraction of sp³-hybridized carbons (Fsp3) is 0.643. The number of carbonyl (C=O) groups is 1. The van der Waals surface area contributed by atoms with Crippen LogP contribution in [0.25, 0.3) is 0 Å². The number of nitrogens with one attached hydrogen (secondary N) is 2. The van der Waals surface area contributed by atoms with Crippen molar-refractivity contribution >= 4 is 33.2 Å². The van der Waals surface area contributed by atoms with Crippen molar-refractivity contribution in [3.63, 3.8) is 0 Å². The first kappa shape index (κ1) is 13.6. The maximum absolute atomic E-state index is 12.2. The molecule has 3 unspecified atom stereocenters. The van der Waals surface area contributed by atoms with Crippen molar-refractivity contribution in [1.29, 1.82) is 0 Å². The third-order valence-corrected chi connectivity index (χ3v) is 5.94. The van der Waals surface area contributed by atoms with Crippen molar-refractivity contribution in [2.75, 3.05) is 0 Å². The standard InChI is InChI=1S/C14H19BrN2OS/c15-10-6-11(19-8-10)7-16-14(18)13-5-9-3-1-2-4-12(9)17-13/h6,8-9,12-13,17H,1-5,7H2,(H,16,18). The number of halogens is 1. The first-order valence-corrected chi connectivity index (χ1v) is 8.66. The third kappa shape index (κ3) is 3.20. The van der Waals surface area contributed by atoms with Gasteiger partial charge in [0.2, 0.25) is 5.91 Å². The average molecular weight is 343 g/mol. The van der Waals surface area contributed by atoms with Gasteiger partial charge < -0.3 is 10.6 Å². The van der Waals surface area contributed by atoms with Crippen molar-refractivity contribution in [3.8, 4) is 0 Å². The van der Waals surface area contributed by atoms with Gasteiger partial charge in [-0.25, -0.2) is 0 Å². The Balaban J connectivity index is 1.51. The molecule has 2 N–H and O–H groups in total. The Labute approximate surface area is 126 Å². The summed E-state index contributed by atoms with van der Waals surface area (Å²) < 4.78 is 1.09. The van der Waals surface area contributed by atoms with Crippen LogP contribution in [0.3, 0.4) is 0 Å². The average Bonchev–Trinajstić information content (AvgIpc) is 3.01. The summed E-state index contributed by atoms with van der Waals surface area (Å²) in [6.45, 7) is 0.641. The molecule has 3 nitrogen and oxygen atoms in total. The predicted octanol–water partition coefficient (Wildman–Crippen LogP) is 3.05. The summed E-state index contributed by atoms with van der Waals surface area (Å²) in [6.07, 6.45) is 6.20. The number of hydrogen-bond acceptors (Lipinski definition) is 3. The molecule has 104 valence electrons. The van der Waals surface area contributed by atoms with Crippen LogP contribution in [-0.4, -0.2) is 18.0 Å². The van der Waals surface area contributed by atoms with E-state index >= 15 is 0 Å². The molecule has 3 atom stereocenters. The predicted molar refractivity (Wildman–Crippen MR) is 81.2 cm³/mol. The van der Waals surface area contributed by atoms with Crippen molar-refractivity contribution in [3.05, 3.63) is 20.8 Å². The number of thiophene rings is 1. The molecule has 1 aromatic heterocycles. The first-order chi connectivity index (χ1) is 9.22. The second-order valence-electron chi connectivity index (χ2n) is 5.56. The van der Waals surface area contributed by atoms with Gasteiger partial charge >= 0.3 is 0 Å². The van der Waals surface area contributed by atoms with Gasteiger partial charge in [0.1, 0.15) is 0 Å². The Hall–Kier alpha value is -0.390. The van der Waals surface area contributed by atoms with E-state index in [2.05, 4.69) is 32.6 Å². The fourth-order valence-electron chi connectivity index (χ4n) is 3.27. The van der Waals surface area contributed by atoms with Gasteiger partial charge in [-0.15, -0.1) is 11.3 Å². The van der Waals surface area contributed by atoms with E-state index in [4.69, 9.17) is 0 Å². The van der Waals surface area contributed by atoms with Gasteiger partial charge in [-0.05, 0) is 47.2 Å². The molecule has 1 aliphatic heterocycles. The molecule has 2 fully saturated rings. The molecular weight excluding hydrogens is 324 g/mol. The number of rotatable bonds is 3. The summed E-state index contributed by atoms with van der Waals surface area (Å²) in [7, 11) is 0. The van der Waals surface area contributed by atoms with E-state index in [0.29, 0.717) is 12.6 Å². The Morgan fingerprint density at radius 1 is 1.47 bits per heavy atom. The Kier molecular flexibility index (Phi) is 4.24. The number of hydrogen-bond donors (Lipinski definition) is 2. The number of fused-ring (bicyclic) bond motifs is 1. The number of carbonyl (C=O) groups excluding carboxylic acids is 1. The molecule has 2 aliphatic rings. The highest BCUT2D eigenvalue weighted by atomic mass is 79.9. The molecule has 0 aromatic carbocycles. The van der Waals surface area contributed by atoms with Crippen LogP contribution in [-0.2, 0) is 11.3 Å². The van der Waals surface area contributed by atoms with Gasteiger partial charge in [-0.3, -0.25) is 4.79 Å². The maximum atomic E-state index is 12.2. The van der Waals surface area contributed by atoms with Gasteiger partial charge in [-0.1, -0.05) is 12.8 Å². The molecule has 2 heterocycles. The highest BCUT2D eigenvalue weighted by Gasteiger charge is 2.37. The van der Waals surface area contributed by atoms with E-state index in [-0.39, 0.29) is 11.9 Å². The van der Waals surface area contributed by atoms with E-state index in [1.807, 2.05) is 5.38 Å². The first-order valence-electron chi connectivity index (χ1n) is 6.99. The van der Waals surface area contributed by atoms with Crippen LogP contribution in [0.5, 0.6) is 0 Å². The highest BCUT2D eigenvalue weighted by molar-refractivity contribution is 9.10. The summed E-state index contributed by atoms with van der Waals surface area (Å²) in [5.74, 6) is 0.888. The topological polar surface area (TPSA) is 41.1 Å². The zero-order chi connectivity index (χ0) is 13.2. The van der Waals surface area contributed by atoms with Gasteiger partial charge in [-0.2, -0.15) is 0 Å². The Morgan fingerprint density at radius 3 is 3.05 bits per heavy atom. The van der Waals surface area contributed by atoms with E-state index in [9.17, 15) is 4.79 Å². The van der Waals surface area contributed by atoms with Crippen LogP contribution in [0.2, 0.25) is 0 Å². The van der Waals surface area contributed by atoms with Gasteiger partial charge in [0, 0.05) is 20.8 Å². The quantitative estimate of drug-likeness (QED) is 0.886. The van der Waals surface area contributed by atoms with Crippen LogP contribution in [0.15, 0.2) is 15.9 Å². The summed E-state index contributed by atoms with van der Waals surface area (Å²) >= 11 is 5.10. The summed E-state index contributed by atoms with van der Waals surface area (Å²) in [6, 6.07) is 2.67. The Bertz CT molecular complexity index is 448. The van der Waals surface area contributed by atoms with Gasteiger partial charge in [0.15, 0.2) is 0 Å². The van der Waals surface area contributed by atoms with E-state index in [1.165, 1.54) is 30.6 Å². The molecule has 1 aromatic rings.